The minimum absolute atomic E-state index is 0.451. The quantitative estimate of drug-likeness (QED) is 0.0276. The van der Waals surface area contributed by atoms with Crippen molar-refractivity contribution >= 4 is 0 Å². The van der Waals surface area contributed by atoms with Crippen molar-refractivity contribution in [2.24, 2.45) is 0 Å². The van der Waals surface area contributed by atoms with Gasteiger partial charge in [0.25, 0.3) is 0 Å². The van der Waals surface area contributed by atoms with E-state index in [2.05, 4.69) is 115 Å². The molecule has 0 atom stereocenters. The highest BCUT2D eigenvalue weighted by molar-refractivity contribution is 5.67. The molecule has 6 aromatic carbocycles. The molecule has 2 aliphatic heterocycles. The van der Waals surface area contributed by atoms with Crippen molar-refractivity contribution in [3.05, 3.63) is 174 Å². The predicted octanol–water partition coefficient (Wildman–Crippen LogP) is 20.2. The van der Waals surface area contributed by atoms with E-state index in [-0.39, 0.29) is 0 Å². The van der Waals surface area contributed by atoms with Crippen molar-refractivity contribution in [3.8, 4) is 105 Å². The number of benzene rings is 6. The molecular formula is C92H114N4O12-2. The Morgan fingerprint density at radius 1 is 0.278 bits per heavy atom. The maximum absolute atomic E-state index is 13.5. The number of nitrogens with zero attached hydrogens (tertiary/aromatic N) is 4. The zero-order valence-corrected chi connectivity index (χ0v) is 67.1. The summed E-state index contributed by atoms with van der Waals surface area (Å²) in [5, 5.41) is 57.7. The third-order valence-corrected chi connectivity index (χ3v) is 20.6. The molecule has 0 aromatic heterocycles. The molecule has 0 spiro atoms. The Labute approximate surface area is 645 Å². The van der Waals surface area contributed by atoms with Crippen molar-refractivity contribution in [2.45, 2.75) is 248 Å². The van der Waals surface area contributed by atoms with Crippen molar-refractivity contribution in [1.82, 2.24) is 20.3 Å². The lowest BCUT2D eigenvalue weighted by molar-refractivity contribution is -0.232. The van der Waals surface area contributed by atoms with E-state index < -0.39 is 34.5 Å². The average molecular weight is 1470 g/mol. The first-order valence-corrected chi connectivity index (χ1v) is 39.3. The monoisotopic (exact) mass is 1470 g/mol. The van der Waals surface area contributed by atoms with Crippen LogP contribution in [0, 0.1) is 69.6 Å². The summed E-state index contributed by atoms with van der Waals surface area (Å²) in [6.07, 6.45) is 12.0. The van der Waals surface area contributed by atoms with Crippen LogP contribution in [0.5, 0.6) is 46.0 Å². The minimum Gasteiger partial charge on any atom is -0.783 e. The zero-order valence-electron chi connectivity index (χ0n) is 67.1. The van der Waals surface area contributed by atoms with Gasteiger partial charge in [-0.15, -0.1) is 20.5 Å². The van der Waals surface area contributed by atoms with Crippen LogP contribution in [-0.4, -0.2) is 95.3 Å². The normalized spacial score (nSPS) is 16.3. The summed E-state index contributed by atoms with van der Waals surface area (Å²) in [6.45, 7) is 35.1. The fraction of sp³-hybridized carbons (Fsp3) is 0.500. The summed E-state index contributed by atoms with van der Waals surface area (Å²) in [4.78, 5) is 0. The van der Waals surface area contributed by atoms with Gasteiger partial charge in [-0.2, -0.15) is 0 Å². The Kier molecular flexibility index (Phi) is 31.9. The molecule has 8 rings (SSSR count). The summed E-state index contributed by atoms with van der Waals surface area (Å²) in [5.41, 5.74) is 3.93. The summed E-state index contributed by atoms with van der Waals surface area (Å²) < 4.78 is 52.7. The Hall–Kier alpha value is -8.80. The summed E-state index contributed by atoms with van der Waals surface area (Å²) in [5.74, 6) is 38.7. The molecule has 0 saturated carbocycles. The van der Waals surface area contributed by atoms with Crippen molar-refractivity contribution < 1.29 is 48.3 Å². The van der Waals surface area contributed by atoms with Gasteiger partial charge in [0, 0.05) is 70.7 Å². The first-order valence-electron chi connectivity index (χ1n) is 39.3. The lowest BCUT2D eigenvalue weighted by atomic mass is 9.84. The lowest BCUT2D eigenvalue weighted by Gasteiger charge is -2.44. The highest BCUT2D eigenvalue weighted by atomic mass is 16.6. The third kappa shape index (κ3) is 21.2. The van der Waals surface area contributed by atoms with Crippen molar-refractivity contribution in [3.63, 3.8) is 0 Å². The molecule has 576 valence electrons. The summed E-state index contributed by atoms with van der Waals surface area (Å²) in [6, 6.07) is 29.9. The van der Waals surface area contributed by atoms with E-state index in [4.69, 9.17) is 37.9 Å². The minimum atomic E-state index is -0.979. The maximum Gasteiger partial charge on any atom is 0.136 e. The second-order valence-corrected chi connectivity index (χ2v) is 29.8. The van der Waals surface area contributed by atoms with E-state index in [0.29, 0.717) is 166 Å². The molecule has 2 aliphatic rings. The number of hydrogen-bond acceptors (Lipinski definition) is 14. The number of hydroxylamine groups is 8. The fourth-order valence-corrected chi connectivity index (χ4v) is 11.8. The van der Waals surface area contributed by atoms with Crippen LogP contribution in [0.1, 0.15) is 293 Å². The number of hydrogen-bond donors (Lipinski definition) is 0. The van der Waals surface area contributed by atoms with Gasteiger partial charge in [-0.1, -0.05) is 190 Å². The van der Waals surface area contributed by atoms with E-state index in [0.717, 1.165) is 123 Å². The van der Waals surface area contributed by atoms with Crippen molar-refractivity contribution in [2.75, 3.05) is 52.9 Å². The van der Waals surface area contributed by atoms with Gasteiger partial charge < -0.3 is 58.4 Å². The molecule has 0 bridgehead atoms. The van der Waals surface area contributed by atoms with Gasteiger partial charge in [-0.3, -0.25) is 0 Å². The standard InChI is InChI=1S/C92H114N4O12/c1-17-25-51-101-79-61-73(81(103-53-27-19-3)59-71(79)43-37-67-33-39-69(40-34-67)87-93(97)89(9,10)90(11,12)94(87)98)45-47-75-63-85(107-57-31-23-7)77(65-83(75)105-55-29-21-5)49-50-78-66-84(106-56-30-22-6)76(64-86(78)108-58-32-24-8)48-46-74-62-80(102-52-26-18-2)72(60-82(74)104-54-28-20-4)44-38-68-35-41-70(42-36-68)88-95(99)91(13,14)92(15,16)96(88)100/h33-36,39-42,59-66,87-88H,17-32,51-58H2,1-16H3/q-2. The molecule has 0 N–H and O–H groups in total. The van der Waals surface area contributed by atoms with Crippen LogP contribution >= 0.6 is 0 Å². The Balaban J connectivity index is 1.20. The Morgan fingerprint density at radius 3 is 0.593 bits per heavy atom. The van der Waals surface area contributed by atoms with E-state index in [1.807, 2.05) is 72.8 Å². The number of unbranched alkanes of at least 4 members (excludes halogenated alkanes) is 8. The average Bonchev–Trinajstić information content (AvgIpc) is 1.58. The van der Waals surface area contributed by atoms with Gasteiger partial charge in [-0.25, -0.2) is 0 Å². The zero-order chi connectivity index (χ0) is 78.0. The van der Waals surface area contributed by atoms with E-state index >= 15 is 0 Å². The molecule has 108 heavy (non-hydrogen) atoms. The smallest absolute Gasteiger partial charge is 0.136 e. The molecule has 6 aromatic rings. The molecule has 2 heterocycles. The van der Waals surface area contributed by atoms with Gasteiger partial charge >= 0.3 is 0 Å². The fourth-order valence-electron chi connectivity index (χ4n) is 11.8. The van der Waals surface area contributed by atoms with E-state index in [1.165, 1.54) is 0 Å². The van der Waals surface area contributed by atoms with E-state index in [1.54, 1.807) is 79.7 Å². The van der Waals surface area contributed by atoms with Crippen LogP contribution < -0.4 is 37.9 Å². The first-order chi connectivity index (χ1) is 51.9. The molecule has 16 nitrogen and oxygen atoms in total. The molecule has 2 saturated heterocycles. The first kappa shape index (κ1) is 84.8. The Bertz CT molecular complexity index is 3960. The van der Waals surface area contributed by atoms with E-state index in [9.17, 15) is 20.8 Å². The van der Waals surface area contributed by atoms with Crippen LogP contribution in [0.3, 0.4) is 0 Å². The van der Waals surface area contributed by atoms with Crippen LogP contribution in [0.4, 0.5) is 0 Å². The molecular weight excluding hydrogens is 1350 g/mol. The highest BCUT2D eigenvalue weighted by Gasteiger charge is 2.56. The molecule has 0 aliphatic carbocycles. The van der Waals surface area contributed by atoms with Gasteiger partial charge in [0.15, 0.2) is 0 Å². The van der Waals surface area contributed by atoms with Gasteiger partial charge in [0.1, 0.15) is 58.3 Å². The third-order valence-electron chi connectivity index (χ3n) is 20.6. The van der Waals surface area contributed by atoms with Crippen LogP contribution in [0.2, 0.25) is 0 Å². The molecule has 2 fully saturated rings. The summed E-state index contributed by atoms with van der Waals surface area (Å²) in [7, 11) is 0. The van der Waals surface area contributed by atoms with Crippen LogP contribution in [-0.2, 0) is 10.4 Å². The highest BCUT2D eigenvalue weighted by Crippen LogP contribution is 2.50. The molecule has 16 heteroatoms. The predicted molar refractivity (Wildman–Crippen MR) is 429 cm³/mol. The lowest BCUT2D eigenvalue weighted by Crippen LogP contribution is -2.51. The van der Waals surface area contributed by atoms with Crippen LogP contribution in [0.15, 0.2) is 97.1 Å². The molecule has 0 unspecified atom stereocenters. The summed E-state index contributed by atoms with van der Waals surface area (Å²) >= 11 is 0. The van der Waals surface area contributed by atoms with Crippen LogP contribution in [0.25, 0.3) is 0 Å². The second kappa shape index (κ2) is 40.6. The Morgan fingerprint density at radius 2 is 0.444 bits per heavy atom. The maximum atomic E-state index is 13.5. The van der Waals surface area contributed by atoms with Gasteiger partial charge in [0.2, 0.25) is 0 Å². The van der Waals surface area contributed by atoms with Crippen molar-refractivity contribution in [1.29, 1.82) is 0 Å². The van der Waals surface area contributed by atoms with Gasteiger partial charge in [0.05, 0.1) is 108 Å². The SMILES string of the molecule is CCCCOc1cc(C#Cc2cc(OCCCC)c(C#Cc3cc(OCCCC)c(C#Cc4cc(OCCCC)c(C#Cc5ccc(C6N([O])C(C)(C)C(C)(C)N6[O-])cc5)cc4OCCCC)cc3OCCCC)cc2OCCCC)c(OCCCC)cc1C#Cc1ccc(C2N([O])C(C)(C)C(C)(C)N2[O-])cc1. The molecule has 2 radical (unpaired) electrons. The topological polar surface area (TPSA) is 173 Å². The molecule has 0 amide bonds. The number of ether oxygens (including phenoxy) is 8. The second-order valence-electron chi connectivity index (χ2n) is 29.8. The van der Waals surface area contributed by atoms with Gasteiger partial charge in [-0.05, 0) is 142 Å². The largest absolute Gasteiger partial charge is 0.783 e. The number of rotatable bonds is 34.